The molecule has 0 radical (unpaired) electrons. The predicted octanol–water partition coefficient (Wildman–Crippen LogP) is 4.60. The number of alkyl halides is 3. The summed E-state index contributed by atoms with van der Waals surface area (Å²) in [6.45, 7) is 6.94. The van der Waals surface area contributed by atoms with Gasteiger partial charge in [-0.15, -0.1) is 0 Å². The van der Waals surface area contributed by atoms with Gasteiger partial charge in [0.05, 0.1) is 17.5 Å². The van der Waals surface area contributed by atoms with Crippen LogP contribution in [0.3, 0.4) is 0 Å². The van der Waals surface area contributed by atoms with E-state index in [1.807, 2.05) is 0 Å². The average Bonchev–Trinajstić information content (AvgIpc) is 3.40. The predicted molar refractivity (Wildman–Crippen MR) is 168 cm³/mol. The van der Waals surface area contributed by atoms with Gasteiger partial charge < -0.3 is 26.7 Å². The summed E-state index contributed by atoms with van der Waals surface area (Å²) < 4.78 is 70.2. The number of hydrogen-bond acceptors (Lipinski definition) is 4. The Kier molecular flexibility index (Phi) is 10.8. The van der Waals surface area contributed by atoms with Gasteiger partial charge in [0, 0.05) is 23.1 Å². The molecule has 1 aromatic heterocycles. The van der Waals surface area contributed by atoms with Crippen molar-refractivity contribution in [1.29, 1.82) is 0 Å². The molecule has 0 aliphatic heterocycles. The van der Waals surface area contributed by atoms with Crippen molar-refractivity contribution in [2.45, 2.75) is 90.0 Å². The number of aromatic nitrogens is 1. The van der Waals surface area contributed by atoms with Crippen molar-refractivity contribution >= 4 is 34.5 Å². The first-order valence-electron chi connectivity index (χ1n) is 15.9. The van der Waals surface area contributed by atoms with Crippen LogP contribution in [-0.4, -0.2) is 46.2 Å². The summed E-state index contributed by atoms with van der Waals surface area (Å²) in [6, 6.07) is 4.49. The summed E-state index contributed by atoms with van der Waals surface area (Å²) in [7, 11) is 0. The van der Waals surface area contributed by atoms with Crippen LogP contribution in [0.25, 0.3) is 10.9 Å². The lowest BCUT2D eigenvalue weighted by Crippen LogP contribution is -2.67. The van der Waals surface area contributed by atoms with Gasteiger partial charge in [-0.25, -0.2) is 8.78 Å². The molecule has 1 aliphatic rings. The quantitative estimate of drug-likeness (QED) is 0.179. The van der Waals surface area contributed by atoms with E-state index in [1.165, 1.54) is 12.1 Å². The van der Waals surface area contributed by atoms with Gasteiger partial charge in [-0.2, -0.15) is 13.2 Å². The summed E-state index contributed by atoms with van der Waals surface area (Å²) >= 11 is 0. The molecule has 9 nitrogen and oxygen atoms in total. The average molecular weight is 678 g/mol. The third kappa shape index (κ3) is 7.47. The molecule has 0 spiro atoms. The number of primary amides is 1. The van der Waals surface area contributed by atoms with Crippen molar-refractivity contribution in [1.82, 2.24) is 20.9 Å². The first-order chi connectivity index (χ1) is 22.5. The van der Waals surface area contributed by atoms with Crippen LogP contribution in [0, 0.1) is 23.5 Å². The summed E-state index contributed by atoms with van der Waals surface area (Å²) in [6.07, 6.45) is -4.74. The van der Waals surface area contributed by atoms with Crippen molar-refractivity contribution in [3.8, 4) is 0 Å². The Labute approximate surface area is 274 Å². The number of hydrogen-bond donors (Lipinski definition) is 5. The second kappa shape index (κ2) is 14.3. The molecule has 2 unspecified atom stereocenters. The number of aryl methyl sites for hydroxylation is 1. The Morgan fingerprint density at radius 3 is 2.12 bits per heavy atom. The Bertz CT molecular complexity index is 1690. The molecule has 4 amide bonds. The minimum atomic E-state index is -4.66. The molecule has 0 bridgehead atoms. The van der Waals surface area contributed by atoms with Crippen LogP contribution in [0.1, 0.15) is 69.3 Å². The van der Waals surface area contributed by atoms with Crippen LogP contribution in [0.2, 0.25) is 0 Å². The Balaban J connectivity index is 1.73. The van der Waals surface area contributed by atoms with Crippen LogP contribution in [0.4, 0.5) is 22.0 Å². The summed E-state index contributed by atoms with van der Waals surface area (Å²) in [5, 5.41) is 8.22. The number of H-pyrrole nitrogens is 1. The van der Waals surface area contributed by atoms with Gasteiger partial charge in [-0.3, -0.25) is 19.2 Å². The summed E-state index contributed by atoms with van der Waals surface area (Å²) in [5.41, 5.74) is 3.18. The number of rotatable bonds is 12. The van der Waals surface area contributed by atoms with E-state index in [2.05, 4.69) is 20.9 Å². The summed E-state index contributed by atoms with van der Waals surface area (Å²) in [4.78, 5) is 56.5. The fourth-order valence-corrected chi connectivity index (χ4v) is 6.18. The van der Waals surface area contributed by atoms with Crippen LogP contribution >= 0.6 is 0 Å². The van der Waals surface area contributed by atoms with Crippen LogP contribution in [-0.2, 0) is 44.6 Å². The highest BCUT2D eigenvalue weighted by atomic mass is 19.4. The van der Waals surface area contributed by atoms with Gasteiger partial charge in [0.2, 0.25) is 23.6 Å². The van der Waals surface area contributed by atoms with E-state index < -0.39 is 82.5 Å². The Morgan fingerprint density at radius 2 is 1.54 bits per heavy atom. The molecule has 4 rings (SSSR count). The van der Waals surface area contributed by atoms with E-state index in [0.717, 1.165) is 24.3 Å². The topological polar surface area (TPSA) is 146 Å². The lowest BCUT2D eigenvalue weighted by atomic mass is 9.78. The number of para-hydroxylation sites is 1. The molecule has 5 atom stereocenters. The minimum Gasteiger partial charge on any atom is -0.368 e. The lowest BCUT2D eigenvalue weighted by molar-refractivity contribution is -0.138. The number of carbonyl (C=O) groups excluding carboxylic acids is 4. The van der Waals surface area contributed by atoms with E-state index in [-0.39, 0.29) is 36.1 Å². The third-order valence-electron chi connectivity index (χ3n) is 9.43. The van der Waals surface area contributed by atoms with Gasteiger partial charge in [0.25, 0.3) is 0 Å². The summed E-state index contributed by atoms with van der Waals surface area (Å²) in [5.74, 6) is -5.96. The molecule has 3 aromatic rings. The number of nitrogens with two attached hydrogens (primary N) is 1. The number of amides is 4. The number of carbonyl (C=O) groups is 4. The van der Waals surface area contributed by atoms with Crippen molar-refractivity contribution in [3.05, 3.63) is 70.4 Å². The molecule has 1 heterocycles. The Morgan fingerprint density at radius 1 is 0.938 bits per heavy atom. The molecule has 14 heteroatoms. The molecule has 260 valence electrons. The highest BCUT2D eigenvalue weighted by Gasteiger charge is 2.47. The van der Waals surface area contributed by atoms with Crippen LogP contribution < -0.4 is 21.7 Å². The maximum atomic E-state index is 14.3. The number of halogens is 5. The molecular weight excluding hydrogens is 637 g/mol. The van der Waals surface area contributed by atoms with E-state index in [9.17, 15) is 41.1 Å². The molecule has 48 heavy (non-hydrogen) atoms. The fraction of sp³-hybridized carbons (Fsp3) is 0.471. The zero-order chi connectivity index (χ0) is 35.6. The second-order valence-corrected chi connectivity index (χ2v) is 12.6. The van der Waals surface area contributed by atoms with Crippen LogP contribution in [0.5, 0.6) is 0 Å². The van der Waals surface area contributed by atoms with E-state index in [4.69, 9.17) is 5.73 Å². The number of benzene rings is 2. The smallest absolute Gasteiger partial charge is 0.368 e. The van der Waals surface area contributed by atoms with E-state index >= 15 is 0 Å². The fourth-order valence-electron chi connectivity index (χ4n) is 6.18. The maximum absolute atomic E-state index is 14.3. The highest BCUT2D eigenvalue weighted by Crippen LogP contribution is 2.40. The number of nitrogens with one attached hydrogen (secondary N) is 4. The third-order valence-corrected chi connectivity index (χ3v) is 9.43. The SMILES string of the molecule is CCC(C)[C@H](NC(=O)Cc1c(F)cccc1F)C(=O)N[C@]1(C(=O)NC(C(N)=O)[C@@H](C)CC)CCc2[nH]c3c(C(F)(F)F)cccc3c2C1. The molecule has 6 N–H and O–H groups in total. The van der Waals surface area contributed by atoms with Crippen molar-refractivity contribution < 1.29 is 41.1 Å². The zero-order valence-corrected chi connectivity index (χ0v) is 27.1. The minimum absolute atomic E-state index is 0.0620. The lowest BCUT2D eigenvalue weighted by Gasteiger charge is -2.39. The largest absolute Gasteiger partial charge is 0.418 e. The van der Waals surface area contributed by atoms with Crippen molar-refractivity contribution in [2.75, 3.05) is 0 Å². The van der Waals surface area contributed by atoms with Gasteiger partial charge >= 0.3 is 6.18 Å². The van der Waals surface area contributed by atoms with Gasteiger partial charge in [-0.1, -0.05) is 58.7 Å². The molecular formula is C34H40F5N5O4. The maximum Gasteiger partial charge on any atom is 0.418 e. The van der Waals surface area contributed by atoms with Gasteiger partial charge in [-0.05, 0) is 48.4 Å². The molecule has 0 saturated heterocycles. The zero-order valence-electron chi connectivity index (χ0n) is 27.1. The molecule has 2 aromatic carbocycles. The number of fused-ring (bicyclic) bond motifs is 3. The monoisotopic (exact) mass is 677 g/mol. The van der Waals surface area contributed by atoms with Gasteiger partial charge in [0.15, 0.2) is 0 Å². The van der Waals surface area contributed by atoms with Crippen LogP contribution in [0.15, 0.2) is 36.4 Å². The first kappa shape index (κ1) is 36.3. The second-order valence-electron chi connectivity index (χ2n) is 12.6. The Hall–Kier alpha value is -4.49. The first-order valence-corrected chi connectivity index (χ1v) is 15.9. The van der Waals surface area contributed by atoms with E-state index in [0.29, 0.717) is 24.1 Å². The number of aromatic amines is 1. The van der Waals surface area contributed by atoms with Crippen molar-refractivity contribution in [2.24, 2.45) is 17.6 Å². The van der Waals surface area contributed by atoms with E-state index in [1.54, 1.807) is 27.7 Å². The molecule has 0 fully saturated rings. The normalized spacial score (nSPS) is 18.7. The van der Waals surface area contributed by atoms with Crippen molar-refractivity contribution in [3.63, 3.8) is 0 Å². The highest BCUT2D eigenvalue weighted by molar-refractivity contribution is 5.98. The molecule has 0 saturated carbocycles. The van der Waals surface area contributed by atoms with Gasteiger partial charge in [0.1, 0.15) is 29.3 Å². The molecule has 1 aliphatic carbocycles. The standard InChI is InChI=1S/C34H40F5N5O4/c1-5-17(3)27(30(40)46)43-32(48)33(14-13-25-21(16-33)19-9-7-10-22(29(19)41-25)34(37,38)39)44-31(47)28(18(4)6-2)42-26(45)15-20-23(35)11-8-12-24(20)36/h7-12,17-18,27-28,41H,5-6,13-16H2,1-4H3,(H2,40,46)(H,42,45)(H,43,48)(H,44,47)/t17-,18?,27?,28-,33+/m0/s1.